The fourth-order valence-corrected chi connectivity index (χ4v) is 3.63. The number of aliphatic hydroxyl groups excluding tert-OH is 2. The van der Waals surface area contributed by atoms with E-state index in [1.807, 2.05) is 0 Å². The fraction of sp³-hybridized carbons (Fsp3) is 1.00. The first-order valence-electron chi connectivity index (χ1n) is 8.22. The number of hydrogen-bond donors (Lipinski definition) is 3. The highest BCUT2D eigenvalue weighted by atomic mass is 16.3. The smallest absolute Gasteiger partial charge is 0.0558 e. The van der Waals surface area contributed by atoms with Crippen LogP contribution in [0.3, 0.4) is 0 Å². The van der Waals surface area contributed by atoms with Crippen molar-refractivity contribution in [2.24, 2.45) is 11.3 Å². The first-order chi connectivity index (χ1) is 9.55. The molecule has 0 radical (unpaired) electrons. The van der Waals surface area contributed by atoms with E-state index in [1.54, 1.807) is 0 Å². The Hall–Kier alpha value is -0.160. The Bertz CT molecular complexity index is 253. The molecule has 1 fully saturated rings. The summed E-state index contributed by atoms with van der Waals surface area (Å²) >= 11 is 0. The molecule has 20 heavy (non-hydrogen) atoms. The third-order valence-corrected chi connectivity index (χ3v) is 4.65. The normalized spacial score (nSPS) is 26.1. The van der Waals surface area contributed by atoms with Gasteiger partial charge in [-0.15, -0.1) is 0 Å². The van der Waals surface area contributed by atoms with Crippen molar-refractivity contribution < 1.29 is 10.2 Å². The van der Waals surface area contributed by atoms with Crippen molar-refractivity contribution in [3.05, 3.63) is 0 Å². The second-order valence-corrected chi connectivity index (χ2v) is 6.82. The van der Waals surface area contributed by atoms with Gasteiger partial charge >= 0.3 is 0 Å². The van der Waals surface area contributed by atoms with Gasteiger partial charge in [0, 0.05) is 25.7 Å². The first kappa shape index (κ1) is 17.9. The lowest BCUT2D eigenvalue weighted by atomic mass is 9.67. The van der Waals surface area contributed by atoms with Crippen LogP contribution in [0.25, 0.3) is 0 Å². The van der Waals surface area contributed by atoms with Crippen LogP contribution in [-0.2, 0) is 0 Å². The Morgan fingerprint density at radius 1 is 1.20 bits per heavy atom. The maximum Gasteiger partial charge on any atom is 0.0558 e. The van der Waals surface area contributed by atoms with Gasteiger partial charge in [0.1, 0.15) is 0 Å². The van der Waals surface area contributed by atoms with Crippen molar-refractivity contribution >= 4 is 0 Å². The SMILES string of the molecule is CCCNC1C(CN(CCO)CCO)CCCC1(C)C. The van der Waals surface area contributed by atoms with Crippen molar-refractivity contribution in [2.75, 3.05) is 39.4 Å². The Morgan fingerprint density at radius 2 is 1.85 bits per heavy atom. The highest BCUT2D eigenvalue weighted by molar-refractivity contribution is 4.94. The van der Waals surface area contributed by atoms with E-state index >= 15 is 0 Å². The van der Waals surface area contributed by atoms with E-state index in [4.69, 9.17) is 10.2 Å². The molecule has 0 aromatic heterocycles. The van der Waals surface area contributed by atoms with E-state index in [1.165, 1.54) is 19.3 Å². The molecule has 0 saturated heterocycles. The predicted octanol–water partition coefficient (Wildman–Crippen LogP) is 1.47. The Kier molecular flexibility index (Phi) is 8.03. The Labute approximate surface area is 124 Å². The molecule has 4 heteroatoms. The zero-order chi connectivity index (χ0) is 15.0. The number of aliphatic hydroxyl groups is 2. The molecule has 1 aliphatic rings. The molecule has 1 rings (SSSR count). The average molecular weight is 286 g/mol. The zero-order valence-electron chi connectivity index (χ0n) is 13.6. The van der Waals surface area contributed by atoms with Crippen LogP contribution in [0.4, 0.5) is 0 Å². The molecule has 120 valence electrons. The predicted molar refractivity (Wildman–Crippen MR) is 83.8 cm³/mol. The summed E-state index contributed by atoms with van der Waals surface area (Å²) in [5.41, 5.74) is 0.336. The molecular formula is C16H34N2O2. The summed E-state index contributed by atoms with van der Waals surface area (Å²) in [4.78, 5) is 2.20. The zero-order valence-corrected chi connectivity index (χ0v) is 13.6. The Balaban J connectivity index is 2.66. The van der Waals surface area contributed by atoms with E-state index < -0.39 is 0 Å². The molecule has 2 unspecified atom stereocenters. The van der Waals surface area contributed by atoms with Gasteiger partial charge in [-0.3, -0.25) is 4.90 Å². The van der Waals surface area contributed by atoms with Gasteiger partial charge in [-0.25, -0.2) is 0 Å². The molecular weight excluding hydrogens is 252 g/mol. The van der Waals surface area contributed by atoms with Gasteiger partial charge in [0.25, 0.3) is 0 Å². The molecule has 0 amide bonds. The maximum absolute atomic E-state index is 9.16. The maximum atomic E-state index is 9.16. The first-order valence-corrected chi connectivity index (χ1v) is 8.22. The largest absolute Gasteiger partial charge is 0.395 e. The van der Waals surface area contributed by atoms with Gasteiger partial charge in [-0.1, -0.05) is 27.2 Å². The Morgan fingerprint density at radius 3 is 2.40 bits per heavy atom. The minimum Gasteiger partial charge on any atom is -0.395 e. The molecule has 3 N–H and O–H groups in total. The minimum absolute atomic E-state index is 0.170. The second-order valence-electron chi connectivity index (χ2n) is 6.82. The van der Waals surface area contributed by atoms with E-state index in [0.717, 1.165) is 19.5 Å². The summed E-state index contributed by atoms with van der Waals surface area (Å²) in [5, 5.41) is 22.1. The lowest BCUT2D eigenvalue weighted by Gasteiger charge is -2.46. The summed E-state index contributed by atoms with van der Waals surface area (Å²) in [6.07, 6.45) is 4.98. The molecule has 1 saturated carbocycles. The number of hydrogen-bond acceptors (Lipinski definition) is 4. The van der Waals surface area contributed by atoms with Crippen LogP contribution in [0.1, 0.15) is 46.5 Å². The molecule has 1 aliphatic carbocycles. The molecule has 0 aromatic carbocycles. The van der Waals surface area contributed by atoms with Gasteiger partial charge in [0.15, 0.2) is 0 Å². The molecule has 0 aliphatic heterocycles. The lowest BCUT2D eigenvalue weighted by molar-refractivity contribution is 0.0664. The summed E-state index contributed by atoms with van der Waals surface area (Å²) in [6.45, 7) is 10.7. The van der Waals surface area contributed by atoms with Gasteiger partial charge in [0.05, 0.1) is 13.2 Å². The summed E-state index contributed by atoms with van der Waals surface area (Å²) in [6, 6.07) is 0.538. The third-order valence-electron chi connectivity index (χ3n) is 4.65. The topological polar surface area (TPSA) is 55.7 Å². The van der Waals surface area contributed by atoms with Crippen LogP contribution < -0.4 is 5.32 Å². The minimum atomic E-state index is 0.170. The van der Waals surface area contributed by atoms with Gasteiger partial charge in [-0.2, -0.15) is 0 Å². The van der Waals surface area contributed by atoms with E-state index in [2.05, 4.69) is 31.0 Å². The molecule has 4 nitrogen and oxygen atoms in total. The highest BCUT2D eigenvalue weighted by Gasteiger charge is 2.38. The van der Waals surface area contributed by atoms with E-state index in [0.29, 0.717) is 30.5 Å². The van der Waals surface area contributed by atoms with Crippen LogP contribution in [0.5, 0.6) is 0 Å². The fourth-order valence-electron chi connectivity index (χ4n) is 3.63. The monoisotopic (exact) mass is 286 g/mol. The van der Waals surface area contributed by atoms with Crippen LogP contribution in [0, 0.1) is 11.3 Å². The number of nitrogens with zero attached hydrogens (tertiary/aromatic N) is 1. The molecule has 0 spiro atoms. The summed E-state index contributed by atoms with van der Waals surface area (Å²) < 4.78 is 0. The molecule has 2 atom stereocenters. The van der Waals surface area contributed by atoms with Crippen molar-refractivity contribution in [3.63, 3.8) is 0 Å². The number of rotatable bonds is 9. The lowest BCUT2D eigenvalue weighted by Crippen LogP contribution is -2.53. The average Bonchev–Trinajstić information content (AvgIpc) is 2.38. The van der Waals surface area contributed by atoms with Crippen molar-refractivity contribution in [3.8, 4) is 0 Å². The van der Waals surface area contributed by atoms with Crippen LogP contribution >= 0.6 is 0 Å². The quantitative estimate of drug-likeness (QED) is 0.601. The van der Waals surface area contributed by atoms with Gasteiger partial charge in [0.2, 0.25) is 0 Å². The van der Waals surface area contributed by atoms with Crippen molar-refractivity contribution in [1.29, 1.82) is 0 Å². The number of nitrogens with one attached hydrogen (secondary N) is 1. The van der Waals surface area contributed by atoms with Crippen LogP contribution in [-0.4, -0.2) is 60.5 Å². The van der Waals surface area contributed by atoms with Crippen molar-refractivity contribution in [2.45, 2.75) is 52.5 Å². The van der Waals surface area contributed by atoms with Crippen LogP contribution in [0.15, 0.2) is 0 Å². The third kappa shape index (κ3) is 5.32. The molecule has 0 heterocycles. The highest BCUT2D eigenvalue weighted by Crippen LogP contribution is 2.39. The molecule has 0 aromatic rings. The van der Waals surface area contributed by atoms with Gasteiger partial charge in [-0.05, 0) is 37.1 Å². The van der Waals surface area contributed by atoms with Crippen molar-refractivity contribution in [1.82, 2.24) is 10.2 Å². The second kappa shape index (κ2) is 8.98. The summed E-state index contributed by atoms with van der Waals surface area (Å²) in [5.74, 6) is 0.614. The van der Waals surface area contributed by atoms with E-state index in [9.17, 15) is 0 Å². The summed E-state index contributed by atoms with van der Waals surface area (Å²) in [7, 11) is 0. The molecule has 0 bridgehead atoms. The van der Waals surface area contributed by atoms with Crippen LogP contribution in [0.2, 0.25) is 0 Å². The van der Waals surface area contributed by atoms with E-state index in [-0.39, 0.29) is 13.2 Å². The van der Waals surface area contributed by atoms with Gasteiger partial charge < -0.3 is 15.5 Å². The standard InChI is InChI=1S/C16H34N2O2/c1-4-8-17-15-14(6-5-7-16(15,2)3)13-18(9-11-19)10-12-20/h14-15,17,19-20H,4-13H2,1-3H3.